The number of benzene rings is 2. The van der Waals surface area contributed by atoms with Gasteiger partial charge in [-0.25, -0.2) is 0 Å². The Morgan fingerprint density at radius 1 is 0.889 bits per heavy atom. The van der Waals surface area contributed by atoms with E-state index in [0.29, 0.717) is 0 Å². The fraction of sp³-hybridized carbons (Fsp3) is 0.0714. The minimum absolute atomic E-state index is 0. The van der Waals surface area contributed by atoms with Gasteiger partial charge in [-0.05, 0) is 18.5 Å². The van der Waals surface area contributed by atoms with Crippen LogP contribution in [0, 0.1) is 0 Å². The minimum atomic E-state index is -0.790. The van der Waals surface area contributed by atoms with E-state index in [1.807, 2.05) is 60.7 Å². The zero-order valence-electron chi connectivity index (χ0n) is 10.3. The summed E-state index contributed by atoms with van der Waals surface area (Å²) in [6.45, 7) is 0. The second-order valence-electron chi connectivity index (χ2n) is 3.65. The Bertz CT molecular complexity index is 448. The third-order valence-electron chi connectivity index (χ3n) is 2.43. The van der Waals surface area contributed by atoms with Crippen molar-refractivity contribution in [2.45, 2.75) is 0 Å². The van der Waals surface area contributed by atoms with Crippen LogP contribution in [0.3, 0.4) is 0 Å². The standard InChI is InChI=1S/C14H13O2P.Na/c15-14(16)11-17(12-7-3-1-4-8-12)13-9-5-2-6-10-13;/h1-10H,11H2,(H,15,16);. The van der Waals surface area contributed by atoms with Crippen molar-refractivity contribution in [2.24, 2.45) is 0 Å². The summed E-state index contributed by atoms with van der Waals surface area (Å²) in [5, 5.41) is 11.2. The van der Waals surface area contributed by atoms with Gasteiger partial charge < -0.3 is 5.11 Å². The Hall–Kier alpha value is -0.660. The third kappa shape index (κ3) is 4.22. The van der Waals surface area contributed by atoms with E-state index in [-0.39, 0.29) is 35.7 Å². The van der Waals surface area contributed by atoms with Crippen LogP contribution in [0.1, 0.15) is 0 Å². The second kappa shape index (κ2) is 7.70. The van der Waals surface area contributed by atoms with Crippen LogP contribution in [-0.2, 0) is 4.79 Å². The van der Waals surface area contributed by atoms with Crippen molar-refractivity contribution in [1.29, 1.82) is 0 Å². The topological polar surface area (TPSA) is 37.3 Å². The zero-order chi connectivity index (χ0) is 12.1. The van der Waals surface area contributed by atoms with Gasteiger partial charge in [-0.2, -0.15) is 0 Å². The van der Waals surface area contributed by atoms with Gasteiger partial charge in [-0.15, -0.1) is 0 Å². The first kappa shape index (κ1) is 15.4. The molecule has 0 aliphatic carbocycles. The van der Waals surface area contributed by atoms with Crippen molar-refractivity contribution in [3.05, 3.63) is 60.7 Å². The summed E-state index contributed by atoms with van der Waals surface area (Å²) in [6, 6.07) is 19.7. The van der Waals surface area contributed by atoms with Crippen LogP contribution in [0.25, 0.3) is 0 Å². The van der Waals surface area contributed by atoms with E-state index in [9.17, 15) is 4.79 Å². The predicted molar refractivity (Wildman–Crippen MR) is 77.3 cm³/mol. The molecule has 0 spiro atoms. The average molecular weight is 267 g/mol. The molecule has 0 amide bonds. The van der Waals surface area contributed by atoms with Crippen LogP contribution in [-0.4, -0.2) is 46.8 Å². The van der Waals surface area contributed by atoms with Gasteiger partial charge in [0.2, 0.25) is 0 Å². The van der Waals surface area contributed by atoms with Gasteiger partial charge >= 0.3 is 5.97 Å². The van der Waals surface area contributed by atoms with Crippen molar-refractivity contribution in [2.75, 3.05) is 6.16 Å². The number of carboxylic acids is 1. The summed E-state index contributed by atoms with van der Waals surface area (Å²) < 4.78 is 0. The van der Waals surface area contributed by atoms with E-state index < -0.39 is 13.9 Å². The van der Waals surface area contributed by atoms with Gasteiger partial charge in [-0.1, -0.05) is 60.7 Å². The molecular formula is C14H13NaO2P. The molecule has 2 aromatic rings. The minimum Gasteiger partial charge on any atom is -0.481 e. The fourth-order valence-electron chi connectivity index (χ4n) is 1.68. The van der Waals surface area contributed by atoms with Gasteiger partial charge in [0.25, 0.3) is 0 Å². The molecule has 0 saturated carbocycles. The summed E-state index contributed by atoms with van der Waals surface area (Å²) in [5.41, 5.74) is 0. The van der Waals surface area contributed by atoms with Crippen LogP contribution in [0.15, 0.2) is 60.7 Å². The molecule has 4 heteroatoms. The van der Waals surface area contributed by atoms with Crippen molar-refractivity contribution in [3.63, 3.8) is 0 Å². The molecule has 1 N–H and O–H groups in total. The number of aliphatic carboxylic acids is 1. The third-order valence-corrected chi connectivity index (χ3v) is 4.86. The molecule has 0 heterocycles. The van der Waals surface area contributed by atoms with E-state index in [0.717, 1.165) is 10.6 Å². The van der Waals surface area contributed by atoms with Gasteiger partial charge in [0.05, 0.1) is 6.16 Å². The molecule has 0 bridgehead atoms. The molecule has 0 aliphatic heterocycles. The molecule has 2 aromatic carbocycles. The normalized spacial score (nSPS) is 9.83. The molecule has 0 aliphatic rings. The van der Waals surface area contributed by atoms with E-state index in [2.05, 4.69) is 0 Å². The quantitative estimate of drug-likeness (QED) is 0.677. The molecule has 0 fully saturated rings. The van der Waals surface area contributed by atoms with E-state index in [1.165, 1.54) is 0 Å². The van der Waals surface area contributed by atoms with E-state index in [1.54, 1.807) is 0 Å². The maximum absolute atomic E-state index is 11.0. The Kier molecular flexibility index (Phi) is 6.59. The first-order chi connectivity index (χ1) is 8.27. The summed E-state index contributed by atoms with van der Waals surface area (Å²) in [7, 11) is -0.790. The number of hydrogen-bond acceptors (Lipinski definition) is 1. The summed E-state index contributed by atoms with van der Waals surface area (Å²) >= 11 is 0. The van der Waals surface area contributed by atoms with Crippen LogP contribution in [0.4, 0.5) is 0 Å². The molecule has 2 nitrogen and oxygen atoms in total. The summed E-state index contributed by atoms with van der Waals surface area (Å²) in [6.07, 6.45) is 0.184. The Morgan fingerprint density at radius 3 is 1.61 bits per heavy atom. The number of carboxylic acid groups (broad SMARTS) is 1. The fourth-order valence-corrected chi connectivity index (χ4v) is 3.68. The maximum Gasteiger partial charge on any atom is 0.308 e. The summed E-state index contributed by atoms with van der Waals surface area (Å²) in [4.78, 5) is 11.0. The first-order valence-electron chi connectivity index (χ1n) is 5.37. The van der Waals surface area contributed by atoms with Crippen molar-refractivity contribution < 1.29 is 9.90 Å². The number of carbonyl (C=O) groups is 1. The Labute approximate surface area is 130 Å². The second-order valence-corrected chi connectivity index (χ2v) is 5.86. The Balaban J connectivity index is 0.00000162. The number of hydrogen-bond donors (Lipinski definition) is 1. The molecule has 1 radical (unpaired) electrons. The molecule has 0 atom stereocenters. The van der Waals surface area contributed by atoms with Crippen LogP contribution >= 0.6 is 7.92 Å². The molecule has 18 heavy (non-hydrogen) atoms. The molecular weight excluding hydrogens is 254 g/mol. The largest absolute Gasteiger partial charge is 0.481 e. The molecule has 87 valence electrons. The van der Waals surface area contributed by atoms with Crippen LogP contribution in [0.2, 0.25) is 0 Å². The Morgan fingerprint density at radius 2 is 1.28 bits per heavy atom. The molecule has 2 rings (SSSR count). The van der Waals surface area contributed by atoms with Crippen molar-refractivity contribution in [3.8, 4) is 0 Å². The van der Waals surface area contributed by atoms with E-state index >= 15 is 0 Å². The predicted octanol–water partition coefficient (Wildman–Crippen LogP) is 1.82. The summed E-state index contributed by atoms with van der Waals surface area (Å²) in [5.74, 6) is -0.746. The number of rotatable bonds is 4. The van der Waals surface area contributed by atoms with Crippen LogP contribution in [0.5, 0.6) is 0 Å². The van der Waals surface area contributed by atoms with Gasteiger partial charge in [0.15, 0.2) is 0 Å². The molecule has 0 aromatic heterocycles. The first-order valence-corrected chi connectivity index (χ1v) is 6.89. The zero-order valence-corrected chi connectivity index (χ0v) is 13.2. The monoisotopic (exact) mass is 267 g/mol. The van der Waals surface area contributed by atoms with Gasteiger partial charge in [0.1, 0.15) is 0 Å². The van der Waals surface area contributed by atoms with Crippen LogP contribution < -0.4 is 10.6 Å². The van der Waals surface area contributed by atoms with Crippen molar-refractivity contribution >= 4 is 54.1 Å². The van der Waals surface area contributed by atoms with Gasteiger partial charge in [-0.3, -0.25) is 4.79 Å². The smallest absolute Gasteiger partial charge is 0.308 e. The van der Waals surface area contributed by atoms with Gasteiger partial charge in [0, 0.05) is 29.6 Å². The molecule has 0 saturated heterocycles. The SMILES string of the molecule is O=C(O)CP(c1ccccc1)c1ccccc1.[Na]. The maximum atomic E-state index is 11.0. The van der Waals surface area contributed by atoms with Crippen molar-refractivity contribution in [1.82, 2.24) is 0 Å². The average Bonchev–Trinajstić information content (AvgIpc) is 2.38. The molecule has 0 unspecified atom stereocenters. The van der Waals surface area contributed by atoms with E-state index in [4.69, 9.17) is 5.11 Å².